The molecule has 3 atom stereocenters. The molecule has 4 heteroatoms. The van der Waals surface area contributed by atoms with E-state index in [0.29, 0.717) is 11.5 Å². The number of hydrogen-bond donors (Lipinski definition) is 1. The molecular formula is C12H18F3N. The van der Waals surface area contributed by atoms with Crippen LogP contribution in [0.2, 0.25) is 0 Å². The highest BCUT2D eigenvalue weighted by Gasteiger charge is 2.55. The molecule has 3 unspecified atom stereocenters. The fourth-order valence-corrected chi connectivity index (χ4v) is 3.25. The molecule has 0 amide bonds. The number of alkyl halides is 3. The monoisotopic (exact) mass is 233 g/mol. The molecule has 0 aromatic heterocycles. The molecule has 3 aliphatic rings. The zero-order chi connectivity index (χ0) is 12.1. The van der Waals surface area contributed by atoms with Gasteiger partial charge in [0.15, 0.2) is 0 Å². The van der Waals surface area contributed by atoms with Crippen LogP contribution in [0.3, 0.4) is 0 Å². The Morgan fingerprint density at radius 1 is 1.50 bits per heavy atom. The van der Waals surface area contributed by atoms with E-state index in [1.165, 1.54) is 0 Å². The molecule has 3 aliphatic carbocycles. The average Bonchev–Trinajstić information content (AvgIpc) is 2.16. The maximum atomic E-state index is 12.8. The molecule has 2 bridgehead atoms. The Balaban J connectivity index is 2.25. The molecule has 1 nitrogen and oxygen atoms in total. The van der Waals surface area contributed by atoms with Gasteiger partial charge in [-0.15, -0.1) is 0 Å². The van der Waals surface area contributed by atoms with Gasteiger partial charge in [-0.2, -0.15) is 13.2 Å². The molecule has 0 aliphatic heterocycles. The van der Waals surface area contributed by atoms with Crippen LogP contribution in [0.15, 0.2) is 11.6 Å². The van der Waals surface area contributed by atoms with Crippen molar-refractivity contribution >= 4 is 0 Å². The third-order valence-corrected chi connectivity index (χ3v) is 4.54. The summed E-state index contributed by atoms with van der Waals surface area (Å²) in [5.74, 6) is -0.785. The lowest BCUT2D eigenvalue weighted by Crippen LogP contribution is -2.51. The summed E-state index contributed by atoms with van der Waals surface area (Å²) in [5, 5.41) is 0. The lowest BCUT2D eigenvalue weighted by Gasteiger charge is -2.57. The number of halogens is 3. The molecule has 0 aromatic carbocycles. The second-order valence-electron chi connectivity index (χ2n) is 5.58. The molecular weight excluding hydrogens is 215 g/mol. The summed E-state index contributed by atoms with van der Waals surface area (Å²) < 4.78 is 38.5. The lowest BCUT2D eigenvalue weighted by atomic mass is 9.47. The van der Waals surface area contributed by atoms with Crippen molar-refractivity contribution in [2.45, 2.75) is 32.9 Å². The number of fused-ring (bicyclic) bond motifs is 1. The van der Waals surface area contributed by atoms with E-state index in [0.717, 1.165) is 12.8 Å². The molecule has 0 radical (unpaired) electrons. The summed E-state index contributed by atoms with van der Waals surface area (Å²) in [6, 6.07) is 0. The van der Waals surface area contributed by atoms with Crippen LogP contribution in [0, 0.1) is 23.2 Å². The van der Waals surface area contributed by atoms with Crippen molar-refractivity contribution in [1.29, 1.82) is 0 Å². The summed E-state index contributed by atoms with van der Waals surface area (Å²) in [6.07, 6.45) is -0.717. The van der Waals surface area contributed by atoms with Gasteiger partial charge in [-0.3, -0.25) is 0 Å². The third-order valence-electron chi connectivity index (χ3n) is 4.54. The molecule has 0 saturated heterocycles. The van der Waals surface area contributed by atoms with E-state index in [9.17, 15) is 13.2 Å². The molecule has 16 heavy (non-hydrogen) atoms. The molecule has 92 valence electrons. The molecule has 1 saturated carbocycles. The minimum absolute atomic E-state index is 0.0305. The lowest BCUT2D eigenvalue weighted by molar-refractivity contribution is -0.169. The quantitative estimate of drug-likeness (QED) is 0.729. The fraction of sp³-hybridized carbons (Fsp3) is 0.833. The first-order valence-corrected chi connectivity index (χ1v) is 5.75. The van der Waals surface area contributed by atoms with Gasteiger partial charge in [0.05, 0.1) is 5.92 Å². The Bertz CT molecular complexity index is 317. The summed E-state index contributed by atoms with van der Waals surface area (Å²) in [6.45, 7) is 3.82. The predicted octanol–water partition coefficient (Wildman–Crippen LogP) is 3.12. The van der Waals surface area contributed by atoms with Crippen molar-refractivity contribution in [2.24, 2.45) is 28.9 Å². The van der Waals surface area contributed by atoms with Gasteiger partial charge in [0, 0.05) is 6.54 Å². The van der Waals surface area contributed by atoms with Crippen molar-refractivity contribution in [1.82, 2.24) is 0 Å². The first-order chi connectivity index (χ1) is 7.28. The van der Waals surface area contributed by atoms with E-state index in [-0.39, 0.29) is 17.9 Å². The molecule has 0 heterocycles. The van der Waals surface area contributed by atoms with Gasteiger partial charge in [-0.05, 0) is 30.1 Å². The summed E-state index contributed by atoms with van der Waals surface area (Å²) in [4.78, 5) is 0. The smallest absolute Gasteiger partial charge is 0.330 e. The van der Waals surface area contributed by atoms with Crippen molar-refractivity contribution in [3.63, 3.8) is 0 Å². The van der Waals surface area contributed by atoms with Gasteiger partial charge in [0.2, 0.25) is 0 Å². The van der Waals surface area contributed by atoms with E-state index in [4.69, 9.17) is 5.73 Å². The van der Waals surface area contributed by atoms with Crippen LogP contribution in [-0.2, 0) is 0 Å². The minimum atomic E-state index is -4.20. The standard InChI is InChI=1S/C12H18F3N/c1-11(2)7-3-4-8(9(11)5-7)10(6-16)12(13,14)15/h4,7,9-10H,3,5-6,16H2,1-2H3. The van der Waals surface area contributed by atoms with Gasteiger partial charge in [-0.1, -0.05) is 25.5 Å². The molecule has 2 N–H and O–H groups in total. The summed E-state index contributed by atoms with van der Waals surface area (Å²) in [5.41, 5.74) is 5.87. The Labute approximate surface area is 93.9 Å². The van der Waals surface area contributed by atoms with Gasteiger partial charge < -0.3 is 5.73 Å². The van der Waals surface area contributed by atoms with E-state index in [2.05, 4.69) is 13.8 Å². The van der Waals surface area contributed by atoms with Crippen LogP contribution in [0.4, 0.5) is 13.2 Å². The minimum Gasteiger partial charge on any atom is -0.330 e. The summed E-state index contributed by atoms with van der Waals surface area (Å²) in [7, 11) is 0. The van der Waals surface area contributed by atoms with E-state index < -0.39 is 12.1 Å². The normalized spacial score (nSPS) is 34.0. The maximum Gasteiger partial charge on any atom is 0.396 e. The van der Waals surface area contributed by atoms with Crippen LogP contribution < -0.4 is 5.73 Å². The number of hydrogen-bond acceptors (Lipinski definition) is 1. The Morgan fingerprint density at radius 3 is 2.50 bits per heavy atom. The van der Waals surface area contributed by atoms with Gasteiger partial charge in [-0.25, -0.2) is 0 Å². The first kappa shape index (κ1) is 12.0. The number of allylic oxidation sites excluding steroid dienone is 1. The number of nitrogens with two attached hydrogens (primary N) is 1. The van der Waals surface area contributed by atoms with Crippen LogP contribution in [-0.4, -0.2) is 12.7 Å². The molecule has 3 rings (SSSR count). The van der Waals surface area contributed by atoms with Crippen molar-refractivity contribution in [3.05, 3.63) is 11.6 Å². The maximum absolute atomic E-state index is 12.8. The Morgan fingerprint density at radius 2 is 2.12 bits per heavy atom. The second-order valence-corrected chi connectivity index (χ2v) is 5.58. The van der Waals surface area contributed by atoms with Crippen LogP contribution in [0.1, 0.15) is 26.7 Å². The summed E-state index contributed by atoms with van der Waals surface area (Å²) >= 11 is 0. The second kappa shape index (κ2) is 3.49. The first-order valence-electron chi connectivity index (χ1n) is 5.75. The van der Waals surface area contributed by atoms with Crippen LogP contribution in [0.5, 0.6) is 0 Å². The molecule has 0 aromatic rings. The Kier molecular flexibility index (Phi) is 2.61. The predicted molar refractivity (Wildman–Crippen MR) is 56.7 cm³/mol. The van der Waals surface area contributed by atoms with Gasteiger partial charge in [0.25, 0.3) is 0 Å². The number of rotatable bonds is 2. The van der Waals surface area contributed by atoms with Gasteiger partial charge in [0.1, 0.15) is 0 Å². The highest BCUT2D eigenvalue weighted by molar-refractivity contribution is 5.26. The van der Waals surface area contributed by atoms with Gasteiger partial charge >= 0.3 is 6.18 Å². The van der Waals surface area contributed by atoms with Crippen LogP contribution >= 0.6 is 0 Å². The highest BCUT2D eigenvalue weighted by atomic mass is 19.4. The third kappa shape index (κ3) is 1.58. The molecule has 0 spiro atoms. The topological polar surface area (TPSA) is 26.0 Å². The zero-order valence-corrected chi connectivity index (χ0v) is 9.64. The zero-order valence-electron chi connectivity index (χ0n) is 9.64. The molecule has 1 fully saturated rings. The fourth-order valence-electron chi connectivity index (χ4n) is 3.25. The van der Waals surface area contributed by atoms with Crippen molar-refractivity contribution < 1.29 is 13.2 Å². The SMILES string of the molecule is CC1(C)C2CC=C(C(CN)C(F)(F)F)C1C2. The van der Waals surface area contributed by atoms with E-state index in [1.54, 1.807) is 6.08 Å². The largest absolute Gasteiger partial charge is 0.396 e. The average molecular weight is 233 g/mol. The van der Waals surface area contributed by atoms with Crippen molar-refractivity contribution in [2.75, 3.05) is 6.54 Å². The van der Waals surface area contributed by atoms with E-state index >= 15 is 0 Å². The van der Waals surface area contributed by atoms with Crippen LogP contribution in [0.25, 0.3) is 0 Å². The van der Waals surface area contributed by atoms with E-state index in [1.807, 2.05) is 0 Å². The Hall–Kier alpha value is -0.510. The van der Waals surface area contributed by atoms with Crippen molar-refractivity contribution in [3.8, 4) is 0 Å². The highest BCUT2D eigenvalue weighted by Crippen LogP contribution is 2.61.